The van der Waals surface area contributed by atoms with E-state index in [0.717, 1.165) is 24.0 Å². The maximum Gasteiger partial charge on any atom is 0.162 e. The number of benzene rings is 1. The molecule has 0 N–H and O–H groups in total. The van der Waals surface area contributed by atoms with Crippen LogP contribution in [0.3, 0.4) is 0 Å². The van der Waals surface area contributed by atoms with Gasteiger partial charge >= 0.3 is 0 Å². The zero-order valence-electron chi connectivity index (χ0n) is 10.4. The molecule has 0 aliphatic heterocycles. The van der Waals surface area contributed by atoms with E-state index in [1.165, 1.54) is 5.56 Å². The van der Waals surface area contributed by atoms with E-state index in [0.29, 0.717) is 16.1 Å². The van der Waals surface area contributed by atoms with Crippen LogP contribution in [0.4, 0.5) is 0 Å². The minimum absolute atomic E-state index is 0.451. The number of aromatic nitrogens is 2. The lowest BCUT2D eigenvalue weighted by Crippen LogP contribution is -1.97. The summed E-state index contributed by atoms with van der Waals surface area (Å²) < 4.78 is 0. The molecule has 1 heterocycles. The van der Waals surface area contributed by atoms with Crippen LogP contribution in [0.5, 0.6) is 0 Å². The molecule has 18 heavy (non-hydrogen) atoms. The molecule has 0 aliphatic rings. The Kier molecular flexibility index (Phi) is 4.20. The summed E-state index contributed by atoms with van der Waals surface area (Å²) in [6.07, 6.45) is 1.76. The quantitative estimate of drug-likeness (QED) is 0.761. The Labute approximate surface area is 117 Å². The summed E-state index contributed by atoms with van der Waals surface area (Å²) in [5, 5.41) is 0.903. The van der Waals surface area contributed by atoms with Crippen molar-refractivity contribution in [3.63, 3.8) is 0 Å². The summed E-state index contributed by atoms with van der Waals surface area (Å²) in [4.78, 5) is 8.64. The Morgan fingerprint density at radius 3 is 2.06 bits per heavy atom. The molecule has 0 amide bonds. The van der Waals surface area contributed by atoms with Gasteiger partial charge in [-0.15, -0.1) is 0 Å². The number of hydrogen-bond donors (Lipinski definition) is 0. The van der Waals surface area contributed by atoms with Gasteiger partial charge in [0.15, 0.2) is 5.82 Å². The van der Waals surface area contributed by atoms with Crippen LogP contribution in [0.1, 0.15) is 24.5 Å². The van der Waals surface area contributed by atoms with E-state index in [-0.39, 0.29) is 0 Å². The zero-order chi connectivity index (χ0) is 13.1. The molecule has 0 radical (unpaired) electrons. The maximum absolute atomic E-state index is 6.16. The van der Waals surface area contributed by atoms with Crippen LogP contribution in [0.2, 0.25) is 10.3 Å². The van der Waals surface area contributed by atoms with Crippen molar-refractivity contribution in [2.75, 3.05) is 0 Å². The zero-order valence-corrected chi connectivity index (χ0v) is 11.9. The lowest BCUT2D eigenvalue weighted by molar-refractivity contribution is 0.903. The highest BCUT2D eigenvalue weighted by Gasteiger charge is 2.11. The van der Waals surface area contributed by atoms with Gasteiger partial charge in [0.1, 0.15) is 10.3 Å². The fraction of sp³-hybridized carbons (Fsp3) is 0.286. The first kappa shape index (κ1) is 13.3. The van der Waals surface area contributed by atoms with Crippen molar-refractivity contribution >= 4 is 23.2 Å². The highest BCUT2D eigenvalue weighted by molar-refractivity contribution is 6.34. The summed E-state index contributed by atoms with van der Waals surface area (Å²) in [5.74, 6) is 0.574. The summed E-state index contributed by atoms with van der Waals surface area (Å²) in [6, 6.07) is 7.97. The van der Waals surface area contributed by atoms with Gasteiger partial charge in [0.25, 0.3) is 0 Å². The van der Waals surface area contributed by atoms with Crippen LogP contribution in [0, 0.1) is 6.92 Å². The topological polar surface area (TPSA) is 25.8 Å². The van der Waals surface area contributed by atoms with Crippen molar-refractivity contribution in [3.05, 3.63) is 45.7 Å². The van der Waals surface area contributed by atoms with Gasteiger partial charge in [-0.3, -0.25) is 0 Å². The number of rotatable bonds is 3. The lowest BCUT2D eigenvalue weighted by Gasteiger charge is -2.07. The van der Waals surface area contributed by atoms with Crippen LogP contribution in [-0.2, 0) is 6.42 Å². The van der Waals surface area contributed by atoms with E-state index >= 15 is 0 Å². The molecule has 1 aromatic carbocycles. The largest absolute Gasteiger partial charge is 0.216 e. The highest BCUT2D eigenvalue weighted by atomic mass is 35.5. The Balaban J connectivity index is 2.44. The Morgan fingerprint density at radius 2 is 1.56 bits per heavy atom. The van der Waals surface area contributed by atoms with Crippen LogP contribution in [-0.4, -0.2) is 9.97 Å². The first-order valence-corrected chi connectivity index (χ1v) is 6.66. The van der Waals surface area contributed by atoms with Crippen molar-refractivity contribution in [2.45, 2.75) is 26.7 Å². The number of hydrogen-bond acceptors (Lipinski definition) is 2. The Hall–Kier alpha value is -1.12. The monoisotopic (exact) mass is 280 g/mol. The Morgan fingerprint density at radius 1 is 1.00 bits per heavy atom. The fourth-order valence-electron chi connectivity index (χ4n) is 1.72. The molecule has 2 aromatic rings. The summed E-state index contributed by atoms with van der Waals surface area (Å²) >= 11 is 12.3. The molecule has 0 bridgehead atoms. The van der Waals surface area contributed by atoms with E-state index in [9.17, 15) is 0 Å². The van der Waals surface area contributed by atoms with Crippen LogP contribution >= 0.6 is 23.2 Å². The molecule has 0 spiro atoms. The minimum Gasteiger partial charge on any atom is -0.216 e. The van der Waals surface area contributed by atoms with Crippen LogP contribution in [0.25, 0.3) is 11.4 Å². The lowest BCUT2D eigenvalue weighted by atomic mass is 10.1. The molecular weight excluding hydrogens is 267 g/mol. The van der Waals surface area contributed by atoms with E-state index in [1.54, 1.807) is 0 Å². The van der Waals surface area contributed by atoms with Crippen molar-refractivity contribution in [3.8, 4) is 11.4 Å². The first-order chi connectivity index (χ1) is 8.61. The molecule has 0 saturated heterocycles. The predicted octanol–water partition coefficient (Wildman–Crippen LogP) is 4.71. The van der Waals surface area contributed by atoms with Crippen molar-refractivity contribution in [2.24, 2.45) is 0 Å². The predicted molar refractivity (Wildman–Crippen MR) is 76.2 cm³/mol. The summed E-state index contributed by atoms with van der Waals surface area (Å²) in [7, 11) is 0. The second-order valence-electron chi connectivity index (χ2n) is 4.22. The average molecular weight is 281 g/mol. The van der Waals surface area contributed by atoms with Gasteiger partial charge in [0.2, 0.25) is 0 Å². The third kappa shape index (κ3) is 2.82. The number of aryl methyl sites for hydroxylation is 1. The third-order valence-electron chi connectivity index (χ3n) is 2.72. The van der Waals surface area contributed by atoms with Crippen LogP contribution in [0.15, 0.2) is 24.3 Å². The van der Waals surface area contributed by atoms with Gasteiger partial charge in [0.05, 0.1) is 0 Å². The van der Waals surface area contributed by atoms with Gasteiger partial charge in [-0.25, -0.2) is 9.97 Å². The third-order valence-corrected chi connectivity index (χ3v) is 3.34. The molecule has 0 fully saturated rings. The SMILES string of the molecule is CCCc1c(Cl)nc(-c2ccc(C)cc2)nc1Cl. The molecule has 94 valence electrons. The van der Waals surface area contributed by atoms with Crippen molar-refractivity contribution in [1.82, 2.24) is 9.97 Å². The molecule has 4 heteroatoms. The molecule has 0 atom stereocenters. The van der Waals surface area contributed by atoms with Gasteiger partial charge in [-0.1, -0.05) is 66.4 Å². The molecule has 0 saturated carbocycles. The molecule has 0 aliphatic carbocycles. The molecule has 0 unspecified atom stereocenters. The molecular formula is C14H14Cl2N2. The molecule has 2 rings (SSSR count). The second-order valence-corrected chi connectivity index (χ2v) is 4.94. The minimum atomic E-state index is 0.451. The van der Waals surface area contributed by atoms with Gasteiger partial charge in [-0.05, 0) is 13.3 Å². The standard InChI is InChI=1S/C14H14Cl2N2/c1-3-4-11-12(15)17-14(18-13(11)16)10-7-5-9(2)6-8-10/h5-8H,3-4H2,1-2H3. The van der Waals surface area contributed by atoms with Crippen molar-refractivity contribution < 1.29 is 0 Å². The molecule has 2 nitrogen and oxygen atoms in total. The van der Waals surface area contributed by atoms with Gasteiger partial charge in [0, 0.05) is 11.1 Å². The highest BCUT2D eigenvalue weighted by Crippen LogP contribution is 2.26. The average Bonchev–Trinajstić information content (AvgIpc) is 2.34. The molecule has 1 aromatic heterocycles. The van der Waals surface area contributed by atoms with E-state index in [1.807, 2.05) is 31.2 Å². The normalized spacial score (nSPS) is 10.7. The van der Waals surface area contributed by atoms with Gasteiger partial charge < -0.3 is 0 Å². The van der Waals surface area contributed by atoms with Crippen molar-refractivity contribution in [1.29, 1.82) is 0 Å². The van der Waals surface area contributed by atoms with Crippen LogP contribution < -0.4 is 0 Å². The summed E-state index contributed by atoms with van der Waals surface area (Å²) in [5.41, 5.74) is 2.95. The first-order valence-electron chi connectivity index (χ1n) is 5.90. The van der Waals surface area contributed by atoms with E-state index in [2.05, 4.69) is 16.9 Å². The van der Waals surface area contributed by atoms with E-state index < -0.39 is 0 Å². The Bertz CT molecular complexity index is 527. The smallest absolute Gasteiger partial charge is 0.162 e. The fourth-order valence-corrected chi connectivity index (χ4v) is 2.30. The van der Waals surface area contributed by atoms with Gasteiger partial charge in [-0.2, -0.15) is 0 Å². The number of halogens is 2. The number of nitrogens with zero attached hydrogens (tertiary/aromatic N) is 2. The summed E-state index contributed by atoms with van der Waals surface area (Å²) in [6.45, 7) is 4.11. The second kappa shape index (κ2) is 5.68. The maximum atomic E-state index is 6.16. The van der Waals surface area contributed by atoms with E-state index in [4.69, 9.17) is 23.2 Å².